The Morgan fingerprint density at radius 1 is 1.23 bits per heavy atom. The summed E-state index contributed by atoms with van der Waals surface area (Å²) in [7, 11) is 0. The van der Waals surface area contributed by atoms with E-state index in [2.05, 4.69) is 32.4 Å². The number of halogens is 1. The van der Waals surface area contributed by atoms with Gasteiger partial charge in [0.05, 0.1) is 30.6 Å². The lowest BCUT2D eigenvalue weighted by atomic mass is 9.99. The summed E-state index contributed by atoms with van der Waals surface area (Å²) in [6.07, 6.45) is 5.40. The molecule has 0 radical (unpaired) electrons. The monoisotopic (exact) mass is 440 g/mol. The number of hydrogen-bond acceptors (Lipinski definition) is 7. The fourth-order valence-electron chi connectivity index (χ4n) is 4.09. The second-order valence-corrected chi connectivity index (χ2v) is 8.55. The van der Waals surface area contributed by atoms with Gasteiger partial charge in [-0.3, -0.25) is 4.79 Å². The third-order valence-electron chi connectivity index (χ3n) is 5.85. The molecule has 2 N–H and O–H groups in total. The lowest BCUT2D eigenvalue weighted by Gasteiger charge is -2.40. The molecule has 0 aliphatic carbocycles. The molecule has 162 valence electrons. The fraction of sp³-hybridized carbons (Fsp3) is 0.429. The SMILES string of the molecule is C[C@@H]1CN(c2ncc(Cl)c(N3CC(C(=O)NCc4cnc5ccccn45)C3)n2)CCN1. The molecule has 10 heteroatoms. The van der Waals surface area contributed by atoms with Crippen molar-refractivity contribution in [3.8, 4) is 0 Å². The normalized spacial score (nSPS) is 19.5. The molecule has 2 aliphatic heterocycles. The van der Waals surface area contributed by atoms with E-state index < -0.39 is 0 Å². The number of anilines is 2. The minimum absolute atomic E-state index is 0.0310. The number of pyridine rings is 1. The first kappa shape index (κ1) is 20.0. The lowest BCUT2D eigenvalue weighted by Crippen LogP contribution is -2.54. The van der Waals surface area contributed by atoms with Crippen LogP contribution in [0.2, 0.25) is 5.02 Å². The Morgan fingerprint density at radius 3 is 2.94 bits per heavy atom. The first-order valence-corrected chi connectivity index (χ1v) is 10.9. The van der Waals surface area contributed by atoms with Crippen molar-refractivity contribution in [2.75, 3.05) is 42.5 Å². The topological polar surface area (TPSA) is 90.7 Å². The van der Waals surface area contributed by atoms with E-state index in [1.807, 2.05) is 33.7 Å². The van der Waals surface area contributed by atoms with Crippen molar-refractivity contribution >= 4 is 34.9 Å². The molecule has 2 fully saturated rings. The molecule has 0 bridgehead atoms. The Kier molecular flexibility index (Phi) is 5.37. The number of carbonyl (C=O) groups excluding carboxylic acids is 1. The van der Waals surface area contributed by atoms with Crippen molar-refractivity contribution in [3.05, 3.63) is 47.5 Å². The van der Waals surface area contributed by atoms with Crippen LogP contribution in [0.1, 0.15) is 12.6 Å². The third-order valence-corrected chi connectivity index (χ3v) is 6.12. The van der Waals surface area contributed by atoms with Gasteiger partial charge in [-0.15, -0.1) is 0 Å². The van der Waals surface area contributed by atoms with Gasteiger partial charge in [0.2, 0.25) is 11.9 Å². The summed E-state index contributed by atoms with van der Waals surface area (Å²) in [5.41, 5.74) is 1.82. The average Bonchev–Trinajstić information content (AvgIpc) is 3.16. The van der Waals surface area contributed by atoms with Gasteiger partial charge in [-0.1, -0.05) is 17.7 Å². The summed E-state index contributed by atoms with van der Waals surface area (Å²) in [4.78, 5) is 30.3. The molecule has 2 aliphatic rings. The number of aromatic nitrogens is 4. The molecule has 1 atom stereocenters. The second kappa shape index (κ2) is 8.32. The Morgan fingerprint density at radius 2 is 2.10 bits per heavy atom. The van der Waals surface area contributed by atoms with Gasteiger partial charge >= 0.3 is 0 Å². The van der Waals surface area contributed by atoms with Crippen LogP contribution < -0.4 is 20.4 Å². The smallest absolute Gasteiger partial charge is 0.227 e. The maximum Gasteiger partial charge on any atom is 0.227 e. The van der Waals surface area contributed by atoms with Crippen molar-refractivity contribution in [3.63, 3.8) is 0 Å². The summed E-state index contributed by atoms with van der Waals surface area (Å²) in [6.45, 7) is 6.39. The number of nitrogens with zero attached hydrogens (tertiary/aromatic N) is 6. The zero-order valence-corrected chi connectivity index (χ0v) is 18.1. The van der Waals surface area contributed by atoms with E-state index in [0.29, 0.717) is 42.5 Å². The van der Waals surface area contributed by atoms with Gasteiger partial charge in [0.25, 0.3) is 0 Å². The van der Waals surface area contributed by atoms with Crippen LogP contribution in [-0.2, 0) is 11.3 Å². The molecule has 31 heavy (non-hydrogen) atoms. The van der Waals surface area contributed by atoms with Gasteiger partial charge in [-0.2, -0.15) is 4.98 Å². The van der Waals surface area contributed by atoms with Crippen LogP contribution in [0, 0.1) is 5.92 Å². The molecule has 3 aromatic heterocycles. The largest absolute Gasteiger partial charge is 0.353 e. The highest BCUT2D eigenvalue weighted by atomic mass is 35.5. The number of imidazole rings is 1. The molecule has 5 rings (SSSR count). The van der Waals surface area contributed by atoms with E-state index in [1.165, 1.54) is 0 Å². The fourth-order valence-corrected chi connectivity index (χ4v) is 4.30. The minimum atomic E-state index is -0.0899. The Balaban J connectivity index is 1.19. The molecular weight excluding hydrogens is 416 g/mol. The Hall–Kier alpha value is -2.91. The van der Waals surface area contributed by atoms with Crippen LogP contribution in [0.5, 0.6) is 0 Å². The highest BCUT2D eigenvalue weighted by Crippen LogP contribution is 2.31. The predicted molar refractivity (Wildman–Crippen MR) is 119 cm³/mol. The van der Waals surface area contributed by atoms with E-state index in [-0.39, 0.29) is 11.8 Å². The predicted octanol–water partition coefficient (Wildman–Crippen LogP) is 1.33. The van der Waals surface area contributed by atoms with Crippen molar-refractivity contribution in [2.45, 2.75) is 19.5 Å². The van der Waals surface area contributed by atoms with Gasteiger partial charge in [-0.05, 0) is 19.1 Å². The van der Waals surface area contributed by atoms with Crippen LogP contribution in [0.4, 0.5) is 11.8 Å². The van der Waals surface area contributed by atoms with E-state index >= 15 is 0 Å². The van der Waals surface area contributed by atoms with E-state index in [1.54, 1.807) is 12.4 Å². The number of fused-ring (bicyclic) bond motifs is 1. The Labute approximate surface area is 185 Å². The summed E-state index contributed by atoms with van der Waals surface area (Å²) in [6, 6.07) is 6.22. The summed E-state index contributed by atoms with van der Waals surface area (Å²) in [5, 5.41) is 6.96. The van der Waals surface area contributed by atoms with Crippen LogP contribution in [0.3, 0.4) is 0 Å². The van der Waals surface area contributed by atoms with Crippen LogP contribution in [0.25, 0.3) is 5.65 Å². The number of amides is 1. The molecule has 0 aromatic carbocycles. The summed E-state index contributed by atoms with van der Waals surface area (Å²) >= 11 is 6.38. The van der Waals surface area contributed by atoms with Crippen LogP contribution in [0.15, 0.2) is 36.8 Å². The second-order valence-electron chi connectivity index (χ2n) is 8.14. The molecule has 0 spiro atoms. The van der Waals surface area contributed by atoms with E-state index in [9.17, 15) is 4.79 Å². The summed E-state index contributed by atoms with van der Waals surface area (Å²) < 4.78 is 1.98. The maximum absolute atomic E-state index is 12.6. The van der Waals surface area contributed by atoms with Crippen LogP contribution >= 0.6 is 11.6 Å². The van der Waals surface area contributed by atoms with E-state index in [0.717, 1.165) is 31.0 Å². The first-order chi connectivity index (χ1) is 15.1. The highest BCUT2D eigenvalue weighted by molar-refractivity contribution is 6.32. The zero-order valence-electron chi connectivity index (χ0n) is 17.3. The molecular formula is C21H25ClN8O. The first-order valence-electron chi connectivity index (χ1n) is 10.5. The Bertz CT molecular complexity index is 1100. The maximum atomic E-state index is 12.6. The summed E-state index contributed by atoms with van der Waals surface area (Å²) in [5.74, 6) is 1.33. The molecule has 2 saturated heterocycles. The third kappa shape index (κ3) is 4.03. The van der Waals surface area contributed by atoms with Gasteiger partial charge in [0, 0.05) is 45.0 Å². The van der Waals surface area contributed by atoms with Crippen molar-refractivity contribution in [1.29, 1.82) is 0 Å². The van der Waals surface area contributed by atoms with Gasteiger partial charge in [-0.25, -0.2) is 9.97 Å². The van der Waals surface area contributed by atoms with Crippen molar-refractivity contribution < 1.29 is 4.79 Å². The van der Waals surface area contributed by atoms with Crippen LogP contribution in [-0.4, -0.2) is 64.0 Å². The zero-order chi connectivity index (χ0) is 21.4. The highest BCUT2D eigenvalue weighted by Gasteiger charge is 2.35. The lowest BCUT2D eigenvalue weighted by molar-refractivity contribution is -0.125. The average molecular weight is 441 g/mol. The minimum Gasteiger partial charge on any atom is -0.353 e. The number of piperazine rings is 1. The van der Waals surface area contributed by atoms with Gasteiger partial charge in [0.1, 0.15) is 10.7 Å². The number of nitrogens with one attached hydrogen (secondary N) is 2. The van der Waals surface area contributed by atoms with Gasteiger partial charge in [0.15, 0.2) is 5.82 Å². The molecule has 1 amide bonds. The molecule has 0 saturated carbocycles. The number of carbonyl (C=O) groups is 1. The number of rotatable bonds is 5. The quantitative estimate of drug-likeness (QED) is 0.618. The van der Waals surface area contributed by atoms with E-state index in [4.69, 9.17) is 16.6 Å². The standard InChI is InChI=1S/C21H25ClN8O/c1-14-11-28(7-5-23-14)21-26-10-17(22)19(27-21)29-12-15(13-29)20(31)25-9-16-8-24-18-4-2-3-6-30(16)18/h2-4,6,8,10,14-15,23H,5,7,9,11-13H2,1H3,(H,25,31)/t14-/m1/s1. The molecule has 5 heterocycles. The van der Waals surface area contributed by atoms with Crippen molar-refractivity contribution in [1.82, 2.24) is 30.0 Å². The van der Waals surface area contributed by atoms with Gasteiger partial charge < -0.3 is 24.8 Å². The molecule has 0 unspecified atom stereocenters. The molecule has 3 aromatic rings. The number of hydrogen-bond donors (Lipinski definition) is 2. The molecule has 9 nitrogen and oxygen atoms in total. The van der Waals surface area contributed by atoms with Crippen molar-refractivity contribution in [2.24, 2.45) is 5.92 Å².